The van der Waals surface area contributed by atoms with Gasteiger partial charge in [-0.25, -0.2) is 0 Å². The standard InChI is InChI=1S/C23H28N2O4/c1-25-10-9-18-17(13-25)15-11-20(27-3)21(28-4)12-16(15)22(24-18)14-7-6-8-19(26-2)23(14)29-5/h6-8,11-12,17-18H,9-10,13H2,1-5H3/t17-,18-/m1/s1. The number of hydrogen-bond donors (Lipinski definition) is 0. The lowest BCUT2D eigenvalue weighted by Gasteiger charge is -2.39. The topological polar surface area (TPSA) is 52.5 Å². The Balaban J connectivity index is 1.95. The lowest BCUT2D eigenvalue weighted by atomic mass is 9.78. The summed E-state index contributed by atoms with van der Waals surface area (Å²) < 4.78 is 22.5. The number of likely N-dealkylation sites (N-methyl/N-ethyl adjacent to an activating group) is 1. The van der Waals surface area contributed by atoms with Gasteiger partial charge in [-0.05, 0) is 49.8 Å². The van der Waals surface area contributed by atoms with Crippen LogP contribution in [0.1, 0.15) is 29.0 Å². The van der Waals surface area contributed by atoms with Crippen LogP contribution in [0.3, 0.4) is 0 Å². The van der Waals surface area contributed by atoms with Crippen molar-refractivity contribution in [2.45, 2.75) is 18.4 Å². The molecular weight excluding hydrogens is 368 g/mol. The highest BCUT2D eigenvalue weighted by atomic mass is 16.5. The monoisotopic (exact) mass is 396 g/mol. The molecule has 2 aromatic rings. The Labute approximate surface area is 172 Å². The third kappa shape index (κ3) is 3.31. The molecule has 0 bridgehead atoms. The Morgan fingerprint density at radius 2 is 1.62 bits per heavy atom. The second kappa shape index (κ2) is 7.95. The molecule has 0 radical (unpaired) electrons. The van der Waals surface area contributed by atoms with E-state index in [4.69, 9.17) is 23.9 Å². The van der Waals surface area contributed by atoms with Gasteiger partial charge in [0.15, 0.2) is 23.0 Å². The van der Waals surface area contributed by atoms with Gasteiger partial charge in [0.2, 0.25) is 0 Å². The lowest BCUT2D eigenvalue weighted by Crippen LogP contribution is -2.41. The molecule has 2 aromatic carbocycles. The number of fused-ring (bicyclic) bond motifs is 3. The van der Waals surface area contributed by atoms with Crippen LogP contribution in [0.15, 0.2) is 35.3 Å². The molecule has 6 nitrogen and oxygen atoms in total. The molecule has 1 fully saturated rings. The van der Waals surface area contributed by atoms with Gasteiger partial charge < -0.3 is 23.8 Å². The summed E-state index contributed by atoms with van der Waals surface area (Å²) in [4.78, 5) is 7.59. The van der Waals surface area contributed by atoms with Crippen molar-refractivity contribution in [1.82, 2.24) is 4.90 Å². The maximum Gasteiger partial charge on any atom is 0.170 e. The molecule has 6 heteroatoms. The van der Waals surface area contributed by atoms with Gasteiger partial charge >= 0.3 is 0 Å². The van der Waals surface area contributed by atoms with Crippen LogP contribution < -0.4 is 18.9 Å². The van der Waals surface area contributed by atoms with E-state index in [1.165, 1.54) is 5.56 Å². The van der Waals surface area contributed by atoms with Crippen LogP contribution in [0.25, 0.3) is 0 Å². The fourth-order valence-corrected chi connectivity index (χ4v) is 4.49. The molecule has 2 aliphatic heterocycles. The van der Waals surface area contributed by atoms with Gasteiger partial charge in [-0.2, -0.15) is 0 Å². The number of piperidine rings is 1. The second-order valence-electron chi connectivity index (χ2n) is 7.54. The quantitative estimate of drug-likeness (QED) is 0.776. The van der Waals surface area contributed by atoms with Crippen molar-refractivity contribution in [2.75, 3.05) is 48.6 Å². The Kier molecular flexibility index (Phi) is 5.37. The van der Waals surface area contributed by atoms with E-state index < -0.39 is 0 Å². The normalized spacial score (nSPS) is 20.9. The maximum atomic E-state index is 5.72. The zero-order chi connectivity index (χ0) is 20.5. The van der Waals surface area contributed by atoms with Crippen LogP contribution in [-0.4, -0.2) is 65.2 Å². The highest BCUT2D eigenvalue weighted by Crippen LogP contribution is 2.44. The van der Waals surface area contributed by atoms with Crippen LogP contribution in [0, 0.1) is 0 Å². The number of benzene rings is 2. The van der Waals surface area contributed by atoms with Crippen LogP contribution in [0.5, 0.6) is 23.0 Å². The number of nitrogens with zero attached hydrogens (tertiary/aromatic N) is 2. The molecule has 0 saturated carbocycles. The van der Waals surface area contributed by atoms with Crippen molar-refractivity contribution >= 4 is 5.71 Å². The molecule has 2 atom stereocenters. The Bertz CT molecular complexity index is 941. The molecule has 0 unspecified atom stereocenters. The predicted molar refractivity (Wildman–Crippen MR) is 113 cm³/mol. The van der Waals surface area contributed by atoms with Gasteiger partial charge in [0, 0.05) is 23.6 Å². The fraction of sp³-hybridized carbons (Fsp3) is 0.435. The van der Waals surface area contributed by atoms with Gasteiger partial charge in [-0.15, -0.1) is 0 Å². The molecule has 2 aliphatic rings. The number of ether oxygens (including phenoxy) is 4. The van der Waals surface area contributed by atoms with E-state index in [2.05, 4.69) is 18.0 Å². The van der Waals surface area contributed by atoms with E-state index in [0.29, 0.717) is 23.2 Å². The van der Waals surface area contributed by atoms with Crippen molar-refractivity contribution in [1.29, 1.82) is 0 Å². The molecule has 0 amide bonds. The van der Waals surface area contributed by atoms with Crippen molar-refractivity contribution in [3.05, 3.63) is 47.0 Å². The molecule has 0 aliphatic carbocycles. The average Bonchev–Trinajstić information content (AvgIpc) is 2.76. The smallest absolute Gasteiger partial charge is 0.170 e. The SMILES string of the molecule is COc1cc2c(cc1OC)[C@H]1CN(C)CC[C@H]1N=C2c1cccc(OC)c1OC. The number of para-hydroxylation sites is 1. The molecule has 2 heterocycles. The first-order valence-electron chi connectivity index (χ1n) is 9.85. The summed E-state index contributed by atoms with van der Waals surface area (Å²) in [6.45, 7) is 2.01. The fourth-order valence-electron chi connectivity index (χ4n) is 4.49. The predicted octanol–water partition coefficient (Wildman–Crippen LogP) is 3.36. The molecule has 29 heavy (non-hydrogen) atoms. The largest absolute Gasteiger partial charge is 0.493 e. The molecule has 0 spiro atoms. The summed E-state index contributed by atoms with van der Waals surface area (Å²) in [7, 11) is 8.82. The summed E-state index contributed by atoms with van der Waals surface area (Å²) in [5.74, 6) is 3.16. The summed E-state index contributed by atoms with van der Waals surface area (Å²) in [6, 6.07) is 10.3. The van der Waals surface area contributed by atoms with Crippen molar-refractivity contribution in [3.63, 3.8) is 0 Å². The first-order valence-corrected chi connectivity index (χ1v) is 9.85. The molecule has 4 rings (SSSR count). The van der Waals surface area contributed by atoms with Gasteiger partial charge in [0.25, 0.3) is 0 Å². The van der Waals surface area contributed by atoms with Crippen molar-refractivity contribution in [2.24, 2.45) is 4.99 Å². The Morgan fingerprint density at radius 1 is 0.897 bits per heavy atom. The van der Waals surface area contributed by atoms with Crippen molar-refractivity contribution in [3.8, 4) is 23.0 Å². The number of methoxy groups -OCH3 is 4. The number of aliphatic imine (C=N–C) groups is 1. The van der Waals surface area contributed by atoms with Crippen LogP contribution in [0.2, 0.25) is 0 Å². The number of likely N-dealkylation sites (tertiary alicyclic amines) is 1. The third-order valence-corrected chi connectivity index (χ3v) is 5.94. The minimum absolute atomic E-state index is 0.225. The average molecular weight is 396 g/mol. The summed E-state index contributed by atoms with van der Waals surface area (Å²) >= 11 is 0. The summed E-state index contributed by atoms with van der Waals surface area (Å²) in [5.41, 5.74) is 4.15. The van der Waals surface area contributed by atoms with Crippen LogP contribution in [0.4, 0.5) is 0 Å². The first kappa shape index (κ1) is 19.6. The molecule has 0 N–H and O–H groups in total. The van der Waals surface area contributed by atoms with E-state index in [-0.39, 0.29) is 6.04 Å². The molecular formula is C23H28N2O4. The molecule has 0 aromatic heterocycles. The van der Waals surface area contributed by atoms with Gasteiger partial charge in [0.05, 0.1) is 40.2 Å². The Morgan fingerprint density at radius 3 is 2.31 bits per heavy atom. The van der Waals surface area contributed by atoms with Crippen LogP contribution >= 0.6 is 0 Å². The minimum Gasteiger partial charge on any atom is -0.493 e. The molecule has 1 saturated heterocycles. The highest BCUT2D eigenvalue weighted by Gasteiger charge is 2.37. The zero-order valence-corrected chi connectivity index (χ0v) is 17.7. The minimum atomic E-state index is 0.225. The van der Waals surface area contributed by atoms with Gasteiger partial charge in [-0.3, -0.25) is 4.99 Å². The lowest BCUT2D eigenvalue weighted by molar-refractivity contribution is 0.227. The molecule has 154 valence electrons. The third-order valence-electron chi connectivity index (χ3n) is 5.94. The van der Waals surface area contributed by atoms with Crippen LogP contribution in [-0.2, 0) is 0 Å². The van der Waals surface area contributed by atoms with Gasteiger partial charge in [-0.1, -0.05) is 6.07 Å². The Hall–Kier alpha value is -2.73. The summed E-state index contributed by atoms with van der Waals surface area (Å²) in [6.07, 6.45) is 1.02. The number of rotatable bonds is 5. The number of hydrogen-bond acceptors (Lipinski definition) is 6. The van der Waals surface area contributed by atoms with E-state index >= 15 is 0 Å². The van der Waals surface area contributed by atoms with E-state index in [1.807, 2.05) is 24.3 Å². The van der Waals surface area contributed by atoms with E-state index in [0.717, 1.165) is 42.1 Å². The zero-order valence-electron chi connectivity index (χ0n) is 17.7. The van der Waals surface area contributed by atoms with Gasteiger partial charge in [0.1, 0.15) is 0 Å². The van der Waals surface area contributed by atoms with Crippen molar-refractivity contribution < 1.29 is 18.9 Å². The summed E-state index contributed by atoms with van der Waals surface area (Å²) in [5, 5.41) is 0. The highest BCUT2D eigenvalue weighted by molar-refractivity contribution is 6.16. The second-order valence-corrected chi connectivity index (χ2v) is 7.54. The first-order chi connectivity index (χ1) is 14.1. The van der Waals surface area contributed by atoms with E-state index in [1.54, 1.807) is 28.4 Å². The van der Waals surface area contributed by atoms with E-state index in [9.17, 15) is 0 Å². The maximum absolute atomic E-state index is 5.72.